The number of likely N-dealkylation sites (N-methyl/N-ethyl adjacent to an activating group) is 1. The number of aromatic nitrogens is 1. The van der Waals surface area contributed by atoms with Crippen LogP contribution in [0.25, 0.3) is 0 Å². The van der Waals surface area contributed by atoms with E-state index in [9.17, 15) is 13.2 Å². The fourth-order valence-electron chi connectivity index (χ4n) is 2.36. The van der Waals surface area contributed by atoms with Gasteiger partial charge in [-0.2, -0.15) is 13.2 Å². The van der Waals surface area contributed by atoms with Gasteiger partial charge in [0.05, 0.1) is 6.54 Å². The number of aliphatic imine (C=N–C) groups is 1. The number of nitrogens with zero attached hydrogens (tertiary/aromatic N) is 3. The topological polar surface area (TPSA) is 52.6 Å². The van der Waals surface area contributed by atoms with Gasteiger partial charge in [-0.3, -0.25) is 4.99 Å². The van der Waals surface area contributed by atoms with E-state index in [4.69, 9.17) is 0 Å². The monoisotopic (exact) mass is 349 g/mol. The number of hydrogen-bond donors (Lipinski definition) is 2. The third kappa shape index (κ3) is 5.35. The van der Waals surface area contributed by atoms with Gasteiger partial charge in [0.25, 0.3) is 0 Å². The molecule has 1 fully saturated rings. The molecular weight excluding hydrogens is 327 g/mol. The zero-order valence-corrected chi connectivity index (χ0v) is 14.3. The molecule has 2 N–H and O–H groups in total. The van der Waals surface area contributed by atoms with E-state index in [2.05, 4.69) is 39.6 Å². The van der Waals surface area contributed by atoms with Gasteiger partial charge in [0.15, 0.2) is 11.7 Å². The Morgan fingerprint density at radius 1 is 1.43 bits per heavy atom. The van der Waals surface area contributed by atoms with Crippen LogP contribution in [0.1, 0.15) is 23.5 Å². The maximum Gasteiger partial charge on any atom is 0.434 e. The van der Waals surface area contributed by atoms with E-state index in [0.717, 1.165) is 23.3 Å². The lowest BCUT2D eigenvalue weighted by atomic mass is 10.1. The zero-order valence-electron chi connectivity index (χ0n) is 13.4. The summed E-state index contributed by atoms with van der Waals surface area (Å²) in [5.74, 6) is 1.28. The summed E-state index contributed by atoms with van der Waals surface area (Å²) in [6.07, 6.45) is -1.90. The smallest absolute Gasteiger partial charge is 0.355 e. The number of halogens is 3. The second-order valence-electron chi connectivity index (χ2n) is 5.80. The minimum absolute atomic E-state index is 0.219. The molecule has 9 heteroatoms. The Morgan fingerprint density at radius 3 is 2.61 bits per heavy atom. The molecule has 1 aliphatic rings. The molecular formula is C14H22F3N5S. The van der Waals surface area contributed by atoms with Crippen LogP contribution in [-0.2, 0) is 12.7 Å². The fourth-order valence-corrected chi connectivity index (χ4v) is 3.10. The zero-order chi connectivity index (χ0) is 17.0. The van der Waals surface area contributed by atoms with Crippen molar-refractivity contribution in [3.05, 3.63) is 16.1 Å². The van der Waals surface area contributed by atoms with Gasteiger partial charge in [0, 0.05) is 25.0 Å². The van der Waals surface area contributed by atoms with Gasteiger partial charge in [0.1, 0.15) is 5.01 Å². The van der Waals surface area contributed by atoms with Crippen molar-refractivity contribution >= 4 is 17.3 Å². The van der Waals surface area contributed by atoms with Crippen molar-refractivity contribution in [1.82, 2.24) is 20.5 Å². The molecule has 0 aromatic carbocycles. The molecule has 1 atom stereocenters. The first kappa shape index (κ1) is 18.0. The van der Waals surface area contributed by atoms with Crippen LogP contribution in [0.3, 0.4) is 0 Å². The van der Waals surface area contributed by atoms with Crippen molar-refractivity contribution in [2.45, 2.75) is 31.6 Å². The number of guanidine groups is 1. The van der Waals surface area contributed by atoms with Crippen LogP contribution in [0.5, 0.6) is 0 Å². The summed E-state index contributed by atoms with van der Waals surface area (Å²) in [5.41, 5.74) is -0.844. The largest absolute Gasteiger partial charge is 0.434 e. The summed E-state index contributed by atoms with van der Waals surface area (Å²) in [6.45, 7) is 0.972. The Morgan fingerprint density at radius 2 is 2.13 bits per heavy atom. The number of rotatable bonds is 6. The van der Waals surface area contributed by atoms with Gasteiger partial charge in [-0.05, 0) is 32.9 Å². The molecule has 1 aliphatic carbocycles. The molecule has 0 amide bonds. The minimum atomic E-state index is -4.39. The van der Waals surface area contributed by atoms with Crippen LogP contribution in [0.4, 0.5) is 13.2 Å². The third-order valence-electron chi connectivity index (χ3n) is 3.78. The molecule has 1 aromatic heterocycles. The number of nitrogens with one attached hydrogen (secondary N) is 2. The average molecular weight is 349 g/mol. The SMILES string of the molecule is CN=C(NCc1nc(C(F)(F)F)cs1)NCC(C1CC1)N(C)C. The van der Waals surface area contributed by atoms with Crippen LogP contribution >= 0.6 is 11.3 Å². The Kier molecular flexibility index (Phi) is 5.85. The lowest BCUT2D eigenvalue weighted by Crippen LogP contribution is -2.45. The molecule has 1 heterocycles. The van der Waals surface area contributed by atoms with Crippen LogP contribution in [0.15, 0.2) is 10.4 Å². The Labute approximate surface area is 138 Å². The predicted octanol–water partition coefficient (Wildman–Crippen LogP) is 2.17. The predicted molar refractivity (Wildman–Crippen MR) is 85.5 cm³/mol. The molecule has 23 heavy (non-hydrogen) atoms. The summed E-state index contributed by atoms with van der Waals surface area (Å²) in [5, 5.41) is 7.65. The quantitative estimate of drug-likeness (QED) is 0.610. The molecule has 0 saturated heterocycles. The standard InChI is InChI=1S/C14H22F3N5S/c1-18-13(19-6-10(22(2)3)9-4-5-9)20-7-12-21-11(8-23-12)14(15,16)17/h8-10H,4-7H2,1-3H3,(H2,18,19,20). The highest BCUT2D eigenvalue weighted by atomic mass is 32.1. The first-order valence-corrected chi connectivity index (χ1v) is 8.31. The highest BCUT2D eigenvalue weighted by molar-refractivity contribution is 7.09. The van der Waals surface area contributed by atoms with E-state index in [1.165, 1.54) is 12.8 Å². The molecule has 0 spiro atoms. The number of thiazole rings is 1. The Balaban J connectivity index is 1.82. The normalized spacial score (nSPS) is 17.4. The van der Waals surface area contributed by atoms with Crippen LogP contribution in [-0.4, -0.2) is 49.6 Å². The summed E-state index contributed by atoms with van der Waals surface area (Å²) >= 11 is 0.988. The van der Waals surface area contributed by atoms with Crippen LogP contribution < -0.4 is 10.6 Å². The molecule has 130 valence electrons. The van der Waals surface area contributed by atoms with Crippen LogP contribution in [0.2, 0.25) is 0 Å². The molecule has 1 saturated carbocycles. The molecule has 0 aliphatic heterocycles. The Bertz CT molecular complexity index is 535. The molecule has 1 aromatic rings. The maximum absolute atomic E-state index is 12.5. The van der Waals surface area contributed by atoms with Crippen molar-refractivity contribution in [2.75, 3.05) is 27.7 Å². The van der Waals surface area contributed by atoms with Crippen molar-refractivity contribution < 1.29 is 13.2 Å². The van der Waals surface area contributed by atoms with Gasteiger partial charge in [-0.25, -0.2) is 4.98 Å². The lowest BCUT2D eigenvalue weighted by molar-refractivity contribution is -0.140. The molecule has 1 unspecified atom stereocenters. The number of hydrogen-bond acceptors (Lipinski definition) is 4. The summed E-state index contributed by atoms with van der Waals surface area (Å²) in [7, 11) is 5.74. The fraction of sp³-hybridized carbons (Fsp3) is 0.714. The highest BCUT2D eigenvalue weighted by Crippen LogP contribution is 2.34. The summed E-state index contributed by atoms with van der Waals surface area (Å²) < 4.78 is 37.5. The van der Waals surface area contributed by atoms with Gasteiger partial charge in [0.2, 0.25) is 0 Å². The van der Waals surface area contributed by atoms with Gasteiger partial charge >= 0.3 is 6.18 Å². The Hall–Kier alpha value is -1.35. The van der Waals surface area contributed by atoms with Gasteiger partial charge in [-0.15, -0.1) is 11.3 Å². The van der Waals surface area contributed by atoms with E-state index < -0.39 is 11.9 Å². The average Bonchev–Trinajstić information content (AvgIpc) is 3.17. The highest BCUT2D eigenvalue weighted by Gasteiger charge is 2.34. The molecule has 2 rings (SSSR count). The molecule has 0 radical (unpaired) electrons. The van der Waals surface area contributed by atoms with Crippen LogP contribution in [0, 0.1) is 5.92 Å². The summed E-state index contributed by atoms with van der Waals surface area (Å²) in [6, 6.07) is 0.435. The van der Waals surface area contributed by atoms with Crippen molar-refractivity contribution in [2.24, 2.45) is 10.9 Å². The molecule has 0 bridgehead atoms. The van der Waals surface area contributed by atoms with Crippen molar-refractivity contribution in [3.8, 4) is 0 Å². The second kappa shape index (κ2) is 7.48. The van der Waals surface area contributed by atoms with E-state index >= 15 is 0 Å². The van der Waals surface area contributed by atoms with E-state index in [1.807, 2.05) is 0 Å². The number of alkyl halides is 3. The molecule has 5 nitrogen and oxygen atoms in total. The van der Waals surface area contributed by atoms with E-state index in [0.29, 0.717) is 22.9 Å². The minimum Gasteiger partial charge on any atom is -0.355 e. The lowest BCUT2D eigenvalue weighted by Gasteiger charge is -2.25. The van der Waals surface area contributed by atoms with Crippen molar-refractivity contribution in [1.29, 1.82) is 0 Å². The van der Waals surface area contributed by atoms with Crippen molar-refractivity contribution in [3.63, 3.8) is 0 Å². The van der Waals surface area contributed by atoms with Gasteiger partial charge in [-0.1, -0.05) is 0 Å². The summed E-state index contributed by atoms with van der Waals surface area (Å²) in [4.78, 5) is 9.88. The third-order valence-corrected chi connectivity index (χ3v) is 4.63. The maximum atomic E-state index is 12.5. The van der Waals surface area contributed by atoms with Gasteiger partial charge < -0.3 is 15.5 Å². The van der Waals surface area contributed by atoms with E-state index in [1.54, 1.807) is 7.05 Å². The van der Waals surface area contributed by atoms with E-state index in [-0.39, 0.29) is 6.54 Å². The first-order valence-electron chi connectivity index (χ1n) is 7.43. The second-order valence-corrected chi connectivity index (χ2v) is 6.74. The first-order chi connectivity index (χ1) is 10.8.